The molecule has 0 unspecified atom stereocenters. The van der Waals surface area contributed by atoms with Crippen molar-refractivity contribution in [3.8, 4) is 0 Å². The Labute approximate surface area is 697 Å². The lowest BCUT2D eigenvalue weighted by atomic mass is 10.1. The molecule has 0 aliphatic heterocycles. The lowest BCUT2D eigenvalue weighted by Crippen LogP contribution is -2.33. The molecular weight excluding hydrogens is 1460 g/mol. The van der Waals surface area contributed by atoms with Gasteiger partial charge in [0.25, 0.3) is 0 Å². The molecule has 6 aromatic heterocycles. The highest BCUT2D eigenvalue weighted by atomic mass is 32.2. The smallest absolute Gasteiger partial charge is 0.191 e. The number of nitrogens with zero attached hydrogens (tertiary/aromatic N) is 15. The van der Waals surface area contributed by atoms with Crippen LogP contribution in [0.2, 0.25) is 0 Å². The summed E-state index contributed by atoms with van der Waals surface area (Å²) in [6, 6.07) is -26.3. The van der Waals surface area contributed by atoms with Gasteiger partial charge in [0.2, 0.25) is 0 Å². The molecule has 6 saturated carbocycles. The molecule has 6 aliphatic carbocycles. The molecule has 0 saturated heterocycles. The number of aromatic nitrogens is 15. The zero-order valence-electron chi connectivity index (χ0n) is 102. The fourth-order valence-corrected chi connectivity index (χ4v) is 11.2. The highest BCUT2D eigenvalue weighted by molar-refractivity contribution is 7.99. The number of aliphatic hydroxyl groups is 9. The maximum Gasteiger partial charge on any atom is 0.191 e. The minimum Gasteiger partial charge on any atom is -0.394 e. The predicted octanol–water partition coefficient (Wildman–Crippen LogP) is 6.55. The zero-order chi connectivity index (χ0) is 118. The third kappa shape index (κ3) is 17.5. The lowest BCUT2D eigenvalue weighted by Gasteiger charge is -2.17. The van der Waals surface area contributed by atoms with Gasteiger partial charge in [0, 0.05) is 96.7 Å². The van der Waals surface area contributed by atoms with Crippen LogP contribution >= 0.6 is 35.3 Å². The van der Waals surface area contributed by atoms with E-state index in [0.29, 0.717) is 35.3 Å². The first kappa shape index (κ1) is 39.9. The van der Waals surface area contributed by atoms with Crippen LogP contribution in [0.25, 0.3) is 33.5 Å². The van der Waals surface area contributed by atoms with Crippen LogP contribution < -0.4 is 16.0 Å². The first-order chi connectivity index (χ1) is 69.4. The van der Waals surface area contributed by atoms with E-state index in [-0.39, 0.29) is 50.0 Å². The highest BCUT2D eigenvalue weighted by Gasteiger charge is 2.49. The third-order valence-electron chi connectivity index (χ3n) is 15.0. The van der Waals surface area contributed by atoms with E-state index in [1.807, 2.05) is 0 Å². The molecule has 0 amide bonds. The molecule has 30 nitrogen and oxygen atoms in total. The summed E-state index contributed by atoms with van der Waals surface area (Å²) < 4.78 is 446. The Morgan fingerprint density at radius 2 is 0.796 bits per heavy atom. The molecule has 582 valence electrons. The van der Waals surface area contributed by atoms with Gasteiger partial charge in [0.05, 0.1) is 114 Å². The van der Waals surface area contributed by atoms with Crippen LogP contribution in [0.1, 0.15) is 211 Å². The van der Waals surface area contributed by atoms with Crippen molar-refractivity contribution < 1.29 is 136 Å². The summed E-state index contributed by atoms with van der Waals surface area (Å²) in [5.41, 5.74) is -13.9. The van der Waals surface area contributed by atoms with E-state index < -0.39 is 358 Å². The van der Waals surface area contributed by atoms with Crippen LogP contribution in [0.3, 0.4) is 0 Å². The van der Waals surface area contributed by atoms with Crippen molar-refractivity contribution in [2.75, 3.05) is 72.6 Å². The summed E-state index contributed by atoms with van der Waals surface area (Å²) in [5, 5.41) is 122. The van der Waals surface area contributed by atoms with Gasteiger partial charge in [0.1, 0.15) is 53.9 Å². The Morgan fingerprint density at radius 3 is 1.10 bits per heavy atom. The van der Waals surface area contributed by atoms with Crippen molar-refractivity contribution >= 4 is 86.2 Å². The average Bonchev–Trinajstić information content (AvgIpc) is 1.48. The van der Waals surface area contributed by atoms with Crippen molar-refractivity contribution in [1.82, 2.24) is 74.9 Å². The second kappa shape index (κ2) is 35.1. The van der Waals surface area contributed by atoms with Gasteiger partial charge in [-0.05, 0) is 111 Å². The number of aliphatic hydroxyl groups excluding tert-OH is 2. The number of thioether (sulfide) groups is 3. The summed E-state index contributed by atoms with van der Waals surface area (Å²) in [4.78, 5) is 24.5. The van der Waals surface area contributed by atoms with E-state index >= 15 is 0 Å². The quantitative estimate of drug-likeness (QED) is 0.0168. The van der Waals surface area contributed by atoms with E-state index in [0.717, 1.165) is 20.8 Å². The monoisotopic (exact) mass is 1600 g/mol. The fourth-order valence-electron chi connectivity index (χ4n) is 9.59. The molecule has 18 atom stereocenters. The Morgan fingerprint density at radius 1 is 0.472 bits per heavy atom. The number of anilines is 3. The standard InChI is InChI=1S/3C24H31FN6O4S/c3*1-3-8-36-24-27-22(26-16-10-14(16)13-5-4-12(2)15(25)9-13)19-23(28-24)31(30-29-19)17-11-18(35-7-6-32)21(34)20(17)33/h3*4-5,9,14,16-18,20-21,32-34H,3,6-8,10-11H2,1-2H3,(H,26,27,28)/t3*14-,16+,17+,18-,20-,21+/m000/s1/i4D,5D,7D2,8D2,9D,10D2,11D2,16D,17D,18D,20D,21D;4D,5D,6D2,8D2,9D,10D2,11D2,16D,17D,18D,20D,21D;4D,5D,8D2,9D,10D2,11D2,16D,17D,18D,20D,21D. The fraction of sp³-hybridized carbons (Fsp3) is 0.583. The van der Waals surface area contributed by atoms with Crippen LogP contribution in [0.15, 0.2) is 69.9 Å². The number of rotatable bonds is 30. The van der Waals surface area contributed by atoms with Crippen molar-refractivity contribution in [2.45, 2.75) is 223 Å². The van der Waals surface area contributed by atoms with E-state index in [1.165, 1.54) is 20.8 Å². The number of fused-ring (bicyclic) bond motifs is 3. The van der Waals surface area contributed by atoms with E-state index in [1.54, 1.807) is 0 Å². The van der Waals surface area contributed by atoms with Crippen LogP contribution in [0, 0.1) is 38.2 Å². The van der Waals surface area contributed by atoms with Crippen molar-refractivity contribution in [1.29, 1.82) is 0 Å². The van der Waals surface area contributed by atoms with Crippen LogP contribution in [0.4, 0.5) is 30.6 Å². The molecule has 6 aliphatic rings. The minimum absolute atomic E-state index is 0.0165. The van der Waals surface area contributed by atoms with E-state index in [2.05, 4.69) is 81.5 Å². The maximum atomic E-state index is 14.9. The number of nitrogens with one attached hydrogen (secondary N) is 3. The zero-order valence-corrected chi connectivity index (χ0v) is 58.9. The summed E-state index contributed by atoms with van der Waals surface area (Å²) in [7, 11) is 0. The van der Waals surface area contributed by atoms with Crippen LogP contribution in [-0.2, 0) is 14.2 Å². The predicted molar refractivity (Wildman–Crippen MR) is 398 cm³/mol. The molecule has 108 heavy (non-hydrogen) atoms. The number of hydrogen-bond acceptors (Lipinski definition) is 30. The molecule has 0 radical (unpaired) electrons. The maximum absolute atomic E-state index is 14.9. The van der Waals surface area contributed by atoms with Crippen LogP contribution in [-0.4, -0.2) is 250 Å². The molecule has 15 rings (SSSR count). The highest BCUT2D eigenvalue weighted by Crippen LogP contribution is 2.48. The molecule has 3 aromatic carbocycles. The van der Waals surface area contributed by atoms with Gasteiger partial charge in [-0.25, -0.2) is 57.1 Å². The second-order valence-corrected chi connectivity index (χ2v) is 24.9. The molecular formula is C72H93F3N18O12S3. The SMILES string of the molecule is [2H]c1c([2H])c([C@@H]2C([2H])([2H])[C@@]2([2H])Nc2nc(SC([2H])([2H])CC)nc3c2nnn3[C@]2([2H])C([2H])([2H])[C@]([2H])(OC([2H])([2H])CO)[C@@]([2H])(O)[C@@]2([2H])O)c([2H])c(F)c1C.[2H]c1c([2H])c([C@@H]2C([2H])([2H])[C@@]2([2H])Nc2nc(SC([2H])([2H])CC)nc3c2nnn3[C@]2([2H])C([2H])([2H])[C@]([2H])(OCC([2H])([2H])O)[C@@]([2H])(O)[C@@]2([2H])O)c([2H])c(F)c1C.[2H]c1c([2H])c([C@@H]2C([2H])([2H])[C@@]2([2H])Nc2nc(SC([2H])([2H])CC)nc3c2nnn3[C@]2([2H])C([2H])([2H])[C@]([2H])(OCCO)[C@@]([2H])(O)[C@@]2([2H])O)c([2H])c(F)c1C. The molecule has 0 spiro atoms. The summed E-state index contributed by atoms with van der Waals surface area (Å²) in [6.07, 6.45) is -56.9. The number of benzene rings is 3. The second-order valence-electron chi connectivity index (χ2n) is 22.3. The average molecular weight is 1600 g/mol. The first-order valence-corrected chi connectivity index (χ1v) is 34.2. The molecule has 9 aromatic rings. The Hall–Kier alpha value is -7.14. The van der Waals surface area contributed by atoms with Crippen molar-refractivity contribution in [3.63, 3.8) is 0 Å². The molecule has 12 N–H and O–H groups in total. The van der Waals surface area contributed by atoms with E-state index in [9.17, 15) is 59.1 Å². The van der Waals surface area contributed by atoms with Gasteiger partial charge in [-0.1, -0.05) is 108 Å². The number of ether oxygens (including phenoxy) is 3. The van der Waals surface area contributed by atoms with Gasteiger partial charge in [0.15, 0.2) is 66.4 Å². The summed E-state index contributed by atoms with van der Waals surface area (Å²) in [6.45, 7) is -3.76. The molecule has 36 heteroatoms. The van der Waals surface area contributed by atoms with E-state index in [4.69, 9.17) is 72.5 Å². The van der Waals surface area contributed by atoms with Crippen molar-refractivity contribution in [2.24, 2.45) is 0 Å². The van der Waals surface area contributed by atoms with Gasteiger partial charge >= 0.3 is 0 Å². The molecule has 6 heterocycles. The topological polar surface area (TPSA) is 415 Å². The Balaban J connectivity index is 0.000000192. The van der Waals surface area contributed by atoms with Gasteiger partial charge in [-0.15, -0.1) is 15.3 Å². The van der Waals surface area contributed by atoms with Crippen LogP contribution in [0.5, 0.6) is 0 Å². The summed E-state index contributed by atoms with van der Waals surface area (Å²) >= 11 is 1.00. The minimum atomic E-state index is -4.25. The largest absolute Gasteiger partial charge is 0.394 e. The van der Waals surface area contributed by atoms with Gasteiger partial charge in [-0.2, -0.15) is 0 Å². The normalized spacial score (nSPS) is 47.5. The molecule has 0 bridgehead atoms. The Bertz CT molecular complexity index is 7040. The first-order valence-electron chi connectivity index (χ1n) is 54.8. The molecule has 6 fully saturated rings. The third-order valence-corrected chi connectivity index (χ3v) is 17.4. The lowest BCUT2D eigenvalue weighted by molar-refractivity contribution is -0.0629. The Kier molecular flexibility index (Phi) is 12.9. The number of halogens is 3. The van der Waals surface area contributed by atoms with Gasteiger partial charge in [-0.3, -0.25) is 0 Å². The van der Waals surface area contributed by atoms with Crippen molar-refractivity contribution in [3.05, 3.63) is 105 Å². The van der Waals surface area contributed by atoms with Gasteiger partial charge < -0.3 is 76.1 Å². The summed E-state index contributed by atoms with van der Waals surface area (Å²) in [5.74, 6) is -11.0. The number of hydrogen-bond donors (Lipinski definition) is 12.